The molecule has 1 amide bonds. The molecule has 2 fully saturated rings. The van der Waals surface area contributed by atoms with Crippen molar-refractivity contribution in [2.24, 2.45) is 5.92 Å². The molecule has 0 radical (unpaired) electrons. The van der Waals surface area contributed by atoms with Crippen molar-refractivity contribution in [2.45, 2.75) is 37.6 Å². The number of morpholine rings is 1. The van der Waals surface area contributed by atoms with Crippen LogP contribution in [0.25, 0.3) is 0 Å². The Bertz CT molecular complexity index is 605. The molecule has 1 aromatic rings. The molecule has 1 saturated heterocycles. The number of amides is 1. The standard InChI is InChI=1S/C17H20F3NO3/c18-17(19,20)13-4-2-1-3-12(13)9-16(23)21-5-6-24-15-8-11(10-22)7-14(15)21/h1-4,11,14-15,22H,5-10H2/t11-,14+,15+/m1/s1. The van der Waals surface area contributed by atoms with Crippen LogP contribution >= 0.6 is 0 Å². The lowest BCUT2D eigenvalue weighted by Gasteiger charge is -2.38. The molecule has 2 aliphatic rings. The molecule has 1 aliphatic carbocycles. The normalized spacial score (nSPS) is 27.2. The van der Waals surface area contributed by atoms with Crippen molar-refractivity contribution < 1.29 is 27.8 Å². The minimum atomic E-state index is -4.47. The van der Waals surface area contributed by atoms with Gasteiger partial charge in [0.25, 0.3) is 0 Å². The second-order valence-electron chi connectivity index (χ2n) is 6.42. The molecule has 0 spiro atoms. The highest BCUT2D eigenvalue weighted by Crippen LogP contribution is 2.35. The number of carbonyl (C=O) groups excluding carboxylic acids is 1. The third kappa shape index (κ3) is 3.42. The highest BCUT2D eigenvalue weighted by atomic mass is 19.4. The third-order valence-electron chi connectivity index (χ3n) is 4.88. The van der Waals surface area contributed by atoms with E-state index in [1.54, 1.807) is 4.90 Å². The van der Waals surface area contributed by atoms with E-state index in [1.807, 2.05) is 0 Å². The maximum atomic E-state index is 13.1. The minimum absolute atomic E-state index is 0.00486. The van der Waals surface area contributed by atoms with E-state index in [0.29, 0.717) is 26.0 Å². The lowest BCUT2D eigenvalue weighted by atomic mass is 10.0. The number of nitrogens with zero attached hydrogens (tertiary/aromatic N) is 1. The summed E-state index contributed by atoms with van der Waals surface area (Å²) in [6.45, 7) is 0.799. The Hall–Kier alpha value is -1.60. The Balaban J connectivity index is 1.76. The number of carbonyl (C=O) groups is 1. The molecule has 3 atom stereocenters. The van der Waals surface area contributed by atoms with Gasteiger partial charge in [0, 0.05) is 13.2 Å². The van der Waals surface area contributed by atoms with Gasteiger partial charge in [-0.05, 0) is 30.4 Å². The van der Waals surface area contributed by atoms with Crippen LogP contribution < -0.4 is 0 Å². The number of aliphatic hydroxyl groups is 1. The molecule has 1 aliphatic heterocycles. The van der Waals surface area contributed by atoms with E-state index in [1.165, 1.54) is 18.2 Å². The molecular formula is C17H20F3NO3. The first kappa shape index (κ1) is 17.2. The number of hydrogen-bond donors (Lipinski definition) is 1. The van der Waals surface area contributed by atoms with Crippen molar-refractivity contribution >= 4 is 5.91 Å². The lowest BCUT2D eigenvalue weighted by molar-refractivity contribution is -0.144. The topological polar surface area (TPSA) is 49.8 Å². The van der Waals surface area contributed by atoms with Crippen LogP contribution in [0, 0.1) is 5.92 Å². The molecule has 0 aromatic heterocycles. The first-order valence-corrected chi connectivity index (χ1v) is 8.07. The number of halogens is 3. The zero-order valence-corrected chi connectivity index (χ0v) is 13.1. The van der Waals surface area contributed by atoms with Gasteiger partial charge in [0.05, 0.1) is 30.7 Å². The molecule has 7 heteroatoms. The van der Waals surface area contributed by atoms with Crippen molar-refractivity contribution in [3.05, 3.63) is 35.4 Å². The Morgan fingerprint density at radius 3 is 2.75 bits per heavy atom. The van der Waals surface area contributed by atoms with Crippen LogP contribution in [0.5, 0.6) is 0 Å². The van der Waals surface area contributed by atoms with E-state index in [2.05, 4.69) is 0 Å². The van der Waals surface area contributed by atoms with E-state index in [4.69, 9.17) is 4.74 Å². The van der Waals surface area contributed by atoms with Gasteiger partial charge >= 0.3 is 6.18 Å². The minimum Gasteiger partial charge on any atom is -0.396 e. The zero-order chi connectivity index (χ0) is 17.3. The van der Waals surface area contributed by atoms with Crippen LogP contribution in [0.2, 0.25) is 0 Å². The first-order valence-electron chi connectivity index (χ1n) is 8.07. The van der Waals surface area contributed by atoms with Crippen LogP contribution in [0.15, 0.2) is 24.3 Å². The fourth-order valence-electron chi connectivity index (χ4n) is 3.72. The van der Waals surface area contributed by atoms with Crippen LogP contribution in [-0.2, 0) is 22.1 Å². The van der Waals surface area contributed by atoms with Crippen LogP contribution in [-0.4, -0.2) is 47.8 Å². The van der Waals surface area contributed by atoms with Crippen LogP contribution in [0.4, 0.5) is 13.2 Å². The predicted molar refractivity (Wildman–Crippen MR) is 80.2 cm³/mol. The maximum Gasteiger partial charge on any atom is 0.416 e. The highest BCUT2D eigenvalue weighted by molar-refractivity contribution is 5.79. The molecule has 0 unspecified atom stereocenters. The number of rotatable bonds is 3. The van der Waals surface area contributed by atoms with Crippen LogP contribution in [0.3, 0.4) is 0 Å². The smallest absolute Gasteiger partial charge is 0.396 e. The summed E-state index contributed by atoms with van der Waals surface area (Å²) in [6.07, 6.45) is -3.56. The molecular weight excluding hydrogens is 323 g/mol. The summed E-state index contributed by atoms with van der Waals surface area (Å²) in [5, 5.41) is 9.32. The van der Waals surface area contributed by atoms with Gasteiger partial charge < -0.3 is 14.7 Å². The molecule has 1 saturated carbocycles. The fraction of sp³-hybridized carbons (Fsp3) is 0.588. The summed E-state index contributed by atoms with van der Waals surface area (Å²) >= 11 is 0. The summed E-state index contributed by atoms with van der Waals surface area (Å²) in [5.41, 5.74) is -0.766. The number of fused-ring (bicyclic) bond motifs is 1. The van der Waals surface area contributed by atoms with Gasteiger partial charge in [0.2, 0.25) is 5.91 Å². The van der Waals surface area contributed by atoms with Gasteiger partial charge in [0.15, 0.2) is 0 Å². The SMILES string of the molecule is O=C(Cc1ccccc1C(F)(F)F)N1CCO[C@H]2C[C@H](CO)C[C@@H]21. The third-order valence-corrected chi connectivity index (χ3v) is 4.88. The predicted octanol–water partition coefficient (Wildman–Crippen LogP) is 2.25. The summed E-state index contributed by atoms with van der Waals surface area (Å²) < 4.78 is 44.9. The highest BCUT2D eigenvalue weighted by Gasteiger charge is 2.43. The molecule has 1 N–H and O–H groups in total. The molecule has 1 aromatic carbocycles. The fourth-order valence-corrected chi connectivity index (χ4v) is 3.72. The van der Waals surface area contributed by atoms with Crippen LogP contribution in [0.1, 0.15) is 24.0 Å². The van der Waals surface area contributed by atoms with Gasteiger partial charge in [-0.15, -0.1) is 0 Å². The van der Waals surface area contributed by atoms with Crippen molar-refractivity contribution in [1.29, 1.82) is 0 Å². The number of aliphatic hydroxyl groups excluding tert-OH is 1. The van der Waals surface area contributed by atoms with Gasteiger partial charge in [-0.1, -0.05) is 18.2 Å². The zero-order valence-electron chi connectivity index (χ0n) is 13.1. The lowest BCUT2D eigenvalue weighted by Crippen LogP contribution is -2.51. The van der Waals surface area contributed by atoms with E-state index in [-0.39, 0.29) is 42.6 Å². The van der Waals surface area contributed by atoms with Crippen molar-refractivity contribution in [2.75, 3.05) is 19.8 Å². The summed E-state index contributed by atoms with van der Waals surface area (Å²) in [5.74, 6) is -0.237. The van der Waals surface area contributed by atoms with Crippen molar-refractivity contribution in [1.82, 2.24) is 4.90 Å². The van der Waals surface area contributed by atoms with E-state index >= 15 is 0 Å². The average molecular weight is 343 g/mol. The Labute approximate surface area is 138 Å². The second kappa shape index (κ2) is 6.72. The average Bonchev–Trinajstić information content (AvgIpc) is 2.97. The second-order valence-corrected chi connectivity index (χ2v) is 6.42. The van der Waals surface area contributed by atoms with E-state index in [0.717, 1.165) is 6.07 Å². The van der Waals surface area contributed by atoms with Gasteiger partial charge in [-0.25, -0.2) is 0 Å². The molecule has 0 bridgehead atoms. The van der Waals surface area contributed by atoms with Gasteiger partial charge in [-0.2, -0.15) is 13.2 Å². The van der Waals surface area contributed by atoms with Gasteiger partial charge in [-0.3, -0.25) is 4.79 Å². The summed E-state index contributed by atoms with van der Waals surface area (Å²) in [6, 6.07) is 5.04. The Morgan fingerprint density at radius 2 is 2.04 bits per heavy atom. The summed E-state index contributed by atoms with van der Waals surface area (Å²) in [7, 11) is 0. The van der Waals surface area contributed by atoms with Gasteiger partial charge in [0.1, 0.15) is 0 Å². The number of ether oxygens (including phenoxy) is 1. The first-order chi connectivity index (χ1) is 11.4. The monoisotopic (exact) mass is 343 g/mol. The number of alkyl halides is 3. The molecule has 4 nitrogen and oxygen atoms in total. The Morgan fingerprint density at radius 1 is 1.29 bits per heavy atom. The Kier molecular flexibility index (Phi) is 4.83. The van der Waals surface area contributed by atoms with Crippen molar-refractivity contribution in [3.63, 3.8) is 0 Å². The van der Waals surface area contributed by atoms with E-state index < -0.39 is 11.7 Å². The molecule has 132 valence electrons. The van der Waals surface area contributed by atoms with Crippen molar-refractivity contribution in [3.8, 4) is 0 Å². The molecule has 3 rings (SSSR count). The quantitative estimate of drug-likeness (QED) is 0.916. The molecule has 24 heavy (non-hydrogen) atoms. The number of hydrogen-bond acceptors (Lipinski definition) is 3. The van der Waals surface area contributed by atoms with E-state index in [9.17, 15) is 23.1 Å². The number of benzene rings is 1. The molecule has 1 heterocycles. The maximum absolute atomic E-state index is 13.1. The summed E-state index contributed by atoms with van der Waals surface area (Å²) in [4.78, 5) is 14.3. The largest absolute Gasteiger partial charge is 0.416 e.